The van der Waals surface area contributed by atoms with Gasteiger partial charge >= 0.3 is 0 Å². The molecule has 2 rings (SSSR count). The van der Waals surface area contributed by atoms with Crippen LogP contribution in [0, 0.1) is 0 Å². The summed E-state index contributed by atoms with van der Waals surface area (Å²) < 4.78 is 14.0. The van der Waals surface area contributed by atoms with Gasteiger partial charge in [0.25, 0.3) is 0 Å². The highest BCUT2D eigenvalue weighted by Crippen LogP contribution is 2.38. The van der Waals surface area contributed by atoms with E-state index in [1.165, 1.54) is 0 Å². The van der Waals surface area contributed by atoms with E-state index >= 15 is 0 Å². The number of hydrogen-bond acceptors (Lipinski definition) is 4. The summed E-state index contributed by atoms with van der Waals surface area (Å²) in [7, 11) is 1.62. The fourth-order valence-electron chi connectivity index (χ4n) is 1.63. The van der Waals surface area contributed by atoms with E-state index in [9.17, 15) is 0 Å². The maximum atomic E-state index is 6.01. The standard InChI is InChI=1S/C13H12Br3NO2S/c1-18-9-4-8(15)10(5-7(9)14)19-11(6-17)12-2-3-13(16)20-12/h2-5,11H,6,17H2,1H3. The lowest BCUT2D eigenvalue weighted by atomic mass is 10.2. The number of methoxy groups -OCH3 is 1. The molecule has 1 aromatic carbocycles. The van der Waals surface area contributed by atoms with E-state index < -0.39 is 0 Å². The lowest BCUT2D eigenvalue weighted by molar-refractivity contribution is 0.216. The van der Waals surface area contributed by atoms with Gasteiger partial charge < -0.3 is 15.2 Å². The highest BCUT2D eigenvalue weighted by molar-refractivity contribution is 9.11. The van der Waals surface area contributed by atoms with E-state index in [1.54, 1.807) is 18.4 Å². The van der Waals surface area contributed by atoms with Crippen LogP contribution < -0.4 is 15.2 Å². The zero-order valence-electron chi connectivity index (χ0n) is 10.5. The minimum Gasteiger partial charge on any atom is -0.496 e. The molecule has 0 spiro atoms. The molecule has 3 nitrogen and oxygen atoms in total. The van der Waals surface area contributed by atoms with Gasteiger partial charge in [-0.3, -0.25) is 0 Å². The lowest BCUT2D eigenvalue weighted by Crippen LogP contribution is -2.17. The number of rotatable bonds is 5. The molecule has 0 saturated heterocycles. The Balaban J connectivity index is 2.26. The zero-order chi connectivity index (χ0) is 14.7. The van der Waals surface area contributed by atoms with Crippen molar-refractivity contribution in [1.29, 1.82) is 0 Å². The zero-order valence-corrected chi connectivity index (χ0v) is 16.1. The molecule has 108 valence electrons. The molecule has 0 saturated carbocycles. The first-order valence-electron chi connectivity index (χ1n) is 5.70. The van der Waals surface area contributed by atoms with E-state index in [4.69, 9.17) is 15.2 Å². The van der Waals surface area contributed by atoms with Crippen LogP contribution >= 0.6 is 59.1 Å². The second-order valence-corrected chi connectivity index (χ2v) is 8.10. The van der Waals surface area contributed by atoms with Gasteiger partial charge in [0.1, 0.15) is 17.6 Å². The highest BCUT2D eigenvalue weighted by atomic mass is 79.9. The van der Waals surface area contributed by atoms with Crippen molar-refractivity contribution in [1.82, 2.24) is 0 Å². The number of halogens is 3. The lowest BCUT2D eigenvalue weighted by Gasteiger charge is -2.18. The van der Waals surface area contributed by atoms with Crippen LogP contribution in [0.15, 0.2) is 37.0 Å². The summed E-state index contributed by atoms with van der Waals surface area (Å²) in [6.07, 6.45) is -0.178. The van der Waals surface area contributed by atoms with Gasteiger partial charge in [-0.25, -0.2) is 0 Å². The van der Waals surface area contributed by atoms with Gasteiger partial charge in [-0.05, 0) is 72.1 Å². The largest absolute Gasteiger partial charge is 0.496 e. The summed E-state index contributed by atoms with van der Waals surface area (Å²) in [6, 6.07) is 7.73. The quantitative estimate of drug-likeness (QED) is 0.639. The van der Waals surface area contributed by atoms with Crippen LogP contribution in [0.2, 0.25) is 0 Å². The molecule has 0 aliphatic rings. The maximum Gasteiger partial charge on any atom is 0.145 e. The summed E-state index contributed by atoms with van der Waals surface area (Å²) in [4.78, 5) is 1.08. The normalized spacial score (nSPS) is 12.2. The van der Waals surface area contributed by atoms with Crippen LogP contribution in [0.5, 0.6) is 11.5 Å². The minimum absolute atomic E-state index is 0.178. The first-order chi connectivity index (χ1) is 9.55. The second-order valence-electron chi connectivity index (χ2n) is 3.90. The molecule has 7 heteroatoms. The van der Waals surface area contributed by atoms with Crippen LogP contribution in [-0.4, -0.2) is 13.7 Å². The van der Waals surface area contributed by atoms with Crippen molar-refractivity contribution in [3.8, 4) is 11.5 Å². The summed E-state index contributed by atoms with van der Waals surface area (Å²) in [6.45, 7) is 0.406. The Kier molecular flexibility index (Phi) is 5.92. The maximum absolute atomic E-state index is 6.01. The third-order valence-electron chi connectivity index (χ3n) is 2.60. The Labute approximate surface area is 146 Å². The Morgan fingerprint density at radius 2 is 1.80 bits per heavy atom. The second kappa shape index (κ2) is 7.26. The van der Waals surface area contributed by atoms with E-state index in [0.717, 1.165) is 29.1 Å². The molecule has 0 bridgehead atoms. The predicted molar refractivity (Wildman–Crippen MR) is 92.8 cm³/mol. The molecule has 1 heterocycles. The third-order valence-corrected chi connectivity index (χ3v) is 5.56. The minimum atomic E-state index is -0.178. The van der Waals surface area contributed by atoms with Gasteiger partial charge in [-0.2, -0.15) is 0 Å². The van der Waals surface area contributed by atoms with Crippen molar-refractivity contribution < 1.29 is 9.47 Å². The summed E-state index contributed by atoms with van der Waals surface area (Å²) in [5, 5.41) is 0. The molecule has 2 aromatic rings. The van der Waals surface area contributed by atoms with Gasteiger partial charge in [-0.15, -0.1) is 11.3 Å². The van der Waals surface area contributed by atoms with E-state index in [0.29, 0.717) is 6.54 Å². The topological polar surface area (TPSA) is 44.5 Å². The van der Waals surface area contributed by atoms with Crippen molar-refractivity contribution in [2.75, 3.05) is 13.7 Å². The monoisotopic (exact) mass is 483 g/mol. The summed E-state index contributed by atoms with van der Waals surface area (Å²) in [5.41, 5.74) is 5.82. The van der Waals surface area contributed by atoms with Crippen LogP contribution in [0.3, 0.4) is 0 Å². The molecule has 1 aromatic heterocycles. The molecule has 2 N–H and O–H groups in total. The van der Waals surface area contributed by atoms with Crippen molar-refractivity contribution in [3.05, 3.63) is 41.9 Å². The molecule has 0 radical (unpaired) electrons. The fraction of sp³-hybridized carbons (Fsp3) is 0.231. The smallest absolute Gasteiger partial charge is 0.145 e. The molecule has 0 aliphatic carbocycles. The first-order valence-corrected chi connectivity index (χ1v) is 8.89. The Bertz CT molecular complexity index is 603. The van der Waals surface area contributed by atoms with Gasteiger partial charge in [0.2, 0.25) is 0 Å². The first kappa shape index (κ1) is 16.3. The molecule has 20 heavy (non-hydrogen) atoms. The molecule has 0 fully saturated rings. The van der Waals surface area contributed by atoms with Crippen molar-refractivity contribution >= 4 is 59.1 Å². The number of nitrogens with two attached hydrogens (primary N) is 1. The highest BCUT2D eigenvalue weighted by Gasteiger charge is 2.17. The third kappa shape index (κ3) is 3.76. The van der Waals surface area contributed by atoms with Gasteiger partial charge in [0.05, 0.1) is 19.8 Å². The fourth-order valence-corrected chi connectivity index (χ4v) is 4.00. The van der Waals surface area contributed by atoms with Crippen LogP contribution in [0.4, 0.5) is 0 Å². The van der Waals surface area contributed by atoms with Crippen LogP contribution in [-0.2, 0) is 0 Å². The van der Waals surface area contributed by atoms with Gasteiger partial charge in [0.15, 0.2) is 0 Å². The van der Waals surface area contributed by atoms with E-state index in [-0.39, 0.29) is 6.10 Å². The Morgan fingerprint density at radius 3 is 2.35 bits per heavy atom. The van der Waals surface area contributed by atoms with Crippen molar-refractivity contribution in [2.45, 2.75) is 6.10 Å². The Morgan fingerprint density at radius 1 is 1.15 bits per heavy atom. The number of ether oxygens (including phenoxy) is 2. The number of hydrogen-bond donors (Lipinski definition) is 1. The molecule has 1 unspecified atom stereocenters. The van der Waals surface area contributed by atoms with Crippen LogP contribution in [0.25, 0.3) is 0 Å². The molecular formula is C13H12Br3NO2S. The summed E-state index contributed by atoms with van der Waals surface area (Å²) in [5.74, 6) is 1.46. The Hall–Kier alpha value is -0.0800. The van der Waals surface area contributed by atoms with Crippen LogP contribution in [0.1, 0.15) is 11.0 Å². The average Bonchev–Trinajstić information content (AvgIpc) is 2.85. The SMILES string of the molecule is COc1cc(Br)c(OC(CN)c2ccc(Br)s2)cc1Br. The van der Waals surface area contributed by atoms with E-state index in [2.05, 4.69) is 47.8 Å². The van der Waals surface area contributed by atoms with Gasteiger partial charge in [-0.1, -0.05) is 0 Å². The number of thiophene rings is 1. The van der Waals surface area contributed by atoms with Crippen molar-refractivity contribution in [2.24, 2.45) is 5.73 Å². The predicted octanol–water partition coefficient (Wildman–Crippen LogP) is 5.12. The van der Waals surface area contributed by atoms with Crippen molar-refractivity contribution in [3.63, 3.8) is 0 Å². The molecule has 0 aliphatic heterocycles. The van der Waals surface area contributed by atoms with E-state index in [1.807, 2.05) is 24.3 Å². The molecular weight excluding hydrogens is 474 g/mol. The molecule has 0 amide bonds. The number of benzene rings is 1. The van der Waals surface area contributed by atoms with Gasteiger partial charge in [0, 0.05) is 11.4 Å². The molecule has 1 atom stereocenters. The summed E-state index contributed by atoms with van der Waals surface area (Å²) >= 11 is 12.0. The average molecular weight is 486 g/mol.